The van der Waals surface area contributed by atoms with Crippen LogP contribution < -0.4 is 4.74 Å². The van der Waals surface area contributed by atoms with Crippen LogP contribution in [0.3, 0.4) is 0 Å². The lowest BCUT2D eigenvalue weighted by Gasteiger charge is -2.14. The van der Waals surface area contributed by atoms with E-state index in [0.29, 0.717) is 12.5 Å². The van der Waals surface area contributed by atoms with E-state index in [0.717, 1.165) is 53.9 Å². The van der Waals surface area contributed by atoms with Gasteiger partial charge in [-0.1, -0.05) is 61.4 Å². The first kappa shape index (κ1) is 20.0. The molecular formula is C24H27N5O. The minimum Gasteiger partial charge on any atom is -0.487 e. The van der Waals surface area contributed by atoms with Crippen LogP contribution in [0.1, 0.15) is 43.3 Å². The fraction of sp³-hybridized carbons (Fsp3) is 0.333. The molecule has 30 heavy (non-hydrogen) atoms. The zero-order chi connectivity index (χ0) is 20.6. The molecule has 0 fully saturated rings. The van der Waals surface area contributed by atoms with Gasteiger partial charge in [-0.3, -0.25) is 0 Å². The van der Waals surface area contributed by atoms with Gasteiger partial charge in [0.15, 0.2) is 5.82 Å². The molecule has 4 rings (SSSR count). The van der Waals surface area contributed by atoms with E-state index in [1.807, 2.05) is 30.3 Å². The van der Waals surface area contributed by atoms with Crippen molar-refractivity contribution in [3.63, 3.8) is 0 Å². The maximum Gasteiger partial charge on any atom is 0.174 e. The highest BCUT2D eigenvalue weighted by Crippen LogP contribution is 2.21. The molecule has 0 saturated carbocycles. The molecule has 0 amide bonds. The summed E-state index contributed by atoms with van der Waals surface area (Å²) in [5.74, 6) is 2.24. The largest absolute Gasteiger partial charge is 0.487 e. The average molecular weight is 402 g/mol. The van der Waals surface area contributed by atoms with E-state index in [-0.39, 0.29) is 0 Å². The van der Waals surface area contributed by atoms with E-state index in [1.54, 1.807) is 0 Å². The fourth-order valence-electron chi connectivity index (χ4n) is 3.79. The quantitative estimate of drug-likeness (QED) is 0.408. The number of tetrazole rings is 1. The molecule has 1 unspecified atom stereocenters. The molecule has 0 aliphatic heterocycles. The van der Waals surface area contributed by atoms with Crippen molar-refractivity contribution < 1.29 is 4.74 Å². The summed E-state index contributed by atoms with van der Waals surface area (Å²) in [6.07, 6.45) is 5.29. The van der Waals surface area contributed by atoms with E-state index in [2.05, 4.69) is 62.9 Å². The predicted molar refractivity (Wildman–Crippen MR) is 117 cm³/mol. The maximum absolute atomic E-state index is 6.03. The number of nitrogens with zero attached hydrogens (tertiary/aromatic N) is 4. The van der Waals surface area contributed by atoms with Gasteiger partial charge >= 0.3 is 0 Å². The summed E-state index contributed by atoms with van der Waals surface area (Å²) < 4.78 is 6.03. The summed E-state index contributed by atoms with van der Waals surface area (Å²) in [7, 11) is 0. The molecule has 0 aliphatic rings. The maximum atomic E-state index is 6.03. The van der Waals surface area contributed by atoms with Crippen molar-refractivity contribution in [2.45, 2.75) is 45.6 Å². The van der Waals surface area contributed by atoms with Gasteiger partial charge in [-0.05, 0) is 48.6 Å². The predicted octanol–water partition coefficient (Wildman–Crippen LogP) is 4.92. The second-order valence-electron chi connectivity index (χ2n) is 7.66. The number of ether oxygens (including phenoxy) is 1. The molecule has 1 atom stereocenters. The van der Waals surface area contributed by atoms with Gasteiger partial charge in [-0.2, -0.15) is 5.21 Å². The van der Waals surface area contributed by atoms with E-state index >= 15 is 0 Å². The van der Waals surface area contributed by atoms with Crippen LogP contribution in [0.25, 0.3) is 10.9 Å². The average Bonchev–Trinajstić information content (AvgIpc) is 3.29. The molecule has 0 spiro atoms. The zero-order valence-electron chi connectivity index (χ0n) is 17.3. The highest BCUT2D eigenvalue weighted by atomic mass is 16.5. The van der Waals surface area contributed by atoms with Gasteiger partial charge < -0.3 is 4.74 Å². The fourth-order valence-corrected chi connectivity index (χ4v) is 3.79. The SMILES string of the molecule is CCCC(CCc1cccc(OCc2ccc3ccccc3n2)c1)Cc1nn[nH]n1. The molecule has 2 aromatic heterocycles. The number of para-hydroxylation sites is 1. The molecule has 0 radical (unpaired) electrons. The van der Waals surface area contributed by atoms with Gasteiger partial charge in [0.25, 0.3) is 0 Å². The minimum atomic E-state index is 0.463. The summed E-state index contributed by atoms with van der Waals surface area (Å²) in [4.78, 5) is 4.68. The number of hydrogen-bond acceptors (Lipinski definition) is 5. The van der Waals surface area contributed by atoms with E-state index in [1.165, 1.54) is 12.0 Å². The minimum absolute atomic E-state index is 0.463. The van der Waals surface area contributed by atoms with Gasteiger partial charge in [0.05, 0.1) is 11.2 Å². The Morgan fingerprint density at radius 3 is 2.80 bits per heavy atom. The van der Waals surface area contributed by atoms with Crippen LogP contribution in [-0.4, -0.2) is 25.6 Å². The second kappa shape index (κ2) is 9.96. The number of fused-ring (bicyclic) bond motifs is 1. The van der Waals surface area contributed by atoms with E-state index in [9.17, 15) is 0 Å². The molecule has 1 N–H and O–H groups in total. The summed E-state index contributed by atoms with van der Waals surface area (Å²) in [6, 6.07) is 20.6. The smallest absolute Gasteiger partial charge is 0.174 e. The summed E-state index contributed by atoms with van der Waals surface area (Å²) in [6.45, 7) is 2.68. The molecule has 0 saturated heterocycles. The Morgan fingerprint density at radius 2 is 1.93 bits per heavy atom. The second-order valence-corrected chi connectivity index (χ2v) is 7.66. The summed E-state index contributed by atoms with van der Waals surface area (Å²) in [5, 5.41) is 15.6. The van der Waals surface area contributed by atoms with Crippen LogP contribution in [-0.2, 0) is 19.4 Å². The van der Waals surface area contributed by atoms with Gasteiger partial charge in [-0.15, -0.1) is 10.2 Å². The van der Waals surface area contributed by atoms with Crippen LogP contribution >= 0.6 is 0 Å². The monoisotopic (exact) mass is 401 g/mol. The molecule has 4 aromatic rings. The van der Waals surface area contributed by atoms with Crippen molar-refractivity contribution in [2.24, 2.45) is 5.92 Å². The molecular weight excluding hydrogens is 374 g/mol. The van der Waals surface area contributed by atoms with Gasteiger partial charge in [-0.25, -0.2) is 4.98 Å². The van der Waals surface area contributed by atoms with Crippen molar-refractivity contribution in [3.05, 3.63) is 77.7 Å². The van der Waals surface area contributed by atoms with Crippen molar-refractivity contribution in [2.75, 3.05) is 0 Å². The Hall–Kier alpha value is -3.28. The normalized spacial score (nSPS) is 12.2. The van der Waals surface area contributed by atoms with Crippen molar-refractivity contribution in [1.29, 1.82) is 0 Å². The molecule has 2 aromatic carbocycles. The third-order valence-electron chi connectivity index (χ3n) is 5.34. The molecule has 6 heteroatoms. The molecule has 0 bridgehead atoms. The third kappa shape index (κ3) is 5.41. The summed E-state index contributed by atoms with van der Waals surface area (Å²) in [5.41, 5.74) is 3.21. The van der Waals surface area contributed by atoms with Crippen molar-refractivity contribution >= 4 is 10.9 Å². The third-order valence-corrected chi connectivity index (χ3v) is 5.34. The van der Waals surface area contributed by atoms with Gasteiger partial charge in [0.1, 0.15) is 12.4 Å². The lowest BCUT2D eigenvalue weighted by molar-refractivity contribution is 0.301. The van der Waals surface area contributed by atoms with Crippen LogP contribution in [0.4, 0.5) is 0 Å². The Bertz CT molecular complexity index is 1060. The topological polar surface area (TPSA) is 76.6 Å². The lowest BCUT2D eigenvalue weighted by atomic mass is 9.92. The number of hydrogen-bond donors (Lipinski definition) is 1. The number of benzene rings is 2. The number of nitrogens with one attached hydrogen (secondary N) is 1. The number of H-pyrrole nitrogens is 1. The summed E-state index contributed by atoms with van der Waals surface area (Å²) >= 11 is 0. The number of pyridine rings is 1. The number of aromatic nitrogens is 5. The Kier molecular flexibility index (Phi) is 6.65. The Labute approximate surface area is 176 Å². The molecule has 6 nitrogen and oxygen atoms in total. The number of aromatic amines is 1. The first-order valence-electron chi connectivity index (χ1n) is 10.6. The number of rotatable bonds is 10. The highest BCUT2D eigenvalue weighted by Gasteiger charge is 2.12. The Morgan fingerprint density at radius 1 is 1.00 bits per heavy atom. The van der Waals surface area contributed by atoms with Crippen LogP contribution in [0.5, 0.6) is 5.75 Å². The molecule has 2 heterocycles. The van der Waals surface area contributed by atoms with E-state index in [4.69, 9.17) is 4.74 Å². The van der Waals surface area contributed by atoms with E-state index < -0.39 is 0 Å². The molecule has 0 aliphatic carbocycles. The van der Waals surface area contributed by atoms with Gasteiger partial charge in [0, 0.05) is 11.8 Å². The van der Waals surface area contributed by atoms with Crippen LogP contribution in [0.2, 0.25) is 0 Å². The Balaban J connectivity index is 1.34. The zero-order valence-corrected chi connectivity index (χ0v) is 17.3. The van der Waals surface area contributed by atoms with Crippen molar-refractivity contribution in [1.82, 2.24) is 25.6 Å². The standard InChI is InChI=1S/C24H27N5O/c1-2-6-18(16-24-26-28-29-27-24)11-12-19-7-5-9-22(15-19)30-17-21-14-13-20-8-3-4-10-23(20)25-21/h3-5,7-10,13-15,18H,2,6,11-12,16-17H2,1H3,(H,26,27,28,29). The first-order chi connectivity index (χ1) is 14.8. The van der Waals surface area contributed by atoms with Crippen LogP contribution in [0.15, 0.2) is 60.7 Å². The number of aryl methyl sites for hydroxylation is 1. The molecule has 154 valence electrons. The van der Waals surface area contributed by atoms with Crippen LogP contribution in [0, 0.1) is 5.92 Å². The lowest BCUT2D eigenvalue weighted by Crippen LogP contribution is -2.08. The van der Waals surface area contributed by atoms with Gasteiger partial charge in [0.2, 0.25) is 0 Å². The van der Waals surface area contributed by atoms with Crippen molar-refractivity contribution in [3.8, 4) is 5.75 Å². The highest BCUT2D eigenvalue weighted by molar-refractivity contribution is 5.78. The first-order valence-corrected chi connectivity index (χ1v) is 10.6.